The summed E-state index contributed by atoms with van der Waals surface area (Å²) in [6, 6.07) is 13.9. The molecule has 0 aliphatic carbocycles. The van der Waals surface area contributed by atoms with Crippen molar-refractivity contribution in [3.8, 4) is 16.9 Å². The fraction of sp³-hybridized carbons (Fsp3) is 0.500. The molecular formula is C24H33F3N2O. The molecule has 1 N–H and O–H groups in total. The SMILES string of the molecule is CCCCN(CCCC)CCNCc1ccc(-c2cccc(OC(F)(F)F)c2)cc1. The second-order valence-corrected chi connectivity index (χ2v) is 7.50. The molecule has 6 heteroatoms. The number of halogens is 3. The van der Waals surface area contributed by atoms with Gasteiger partial charge in [-0.25, -0.2) is 0 Å². The molecule has 3 nitrogen and oxygen atoms in total. The average molecular weight is 423 g/mol. The molecule has 0 aliphatic heterocycles. The van der Waals surface area contributed by atoms with Crippen LogP contribution < -0.4 is 10.1 Å². The maximum absolute atomic E-state index is 12.4. The summed E-state index contributed by atoms with van der Waals surface area (Å²) in [5, 5.41) is 3.49. The largest absolute Gasteiger partial charge is 0.573 e. The molecule has 0 fully saturated rings. The molecule has 0 unspecified atom stereocenters. The van der Waals surface area contributed by atoms with Gasteiger partial charge in [0.15, 0.2) is 0 Å². The molecule has 2 aromatic carbocycles. The Bertz CT molecular complexity index is 724. The van der Waals surface area contributed by atoms with E-state index in [2.05, 4.69) is 28.8 Å². The van der Waals surface area contributed by atoms with Gasteiger partial charge in [-0.2, -0.15) is 0 Å². The van der Waals surface area contributed by atoms with Gasteiger partial charge in [0, 0.05) is 19.6 Å². The lowest BCUT2D eigenvalue weighted by Gasteiger charge is -2.22. The van der Waals surface area contributed by atoms with Crippen molar-refractivity contribution in [3.05, 3.63) is 54.1 Å². The summed E-state index contributed by atoms with van der Waals surface area (Å²) in [6.45, 7) is 9.51. The van der Waals surface area contributed by atoms with Crippen LogP contribution in [0.1, 0.15) is 45.1 Å². The van der Waals surface area contributed by atoms with Gasteiger partial charge < -0.3 is 15.0 Å². The summed E-state index contributed by atoms with van der Waals surface area (Å²) in [7, 11) is 0. The normalized spacial score (nSPS) is 11.8. The second kappa shape index (κ2) is 12.6. The Balaban J connectivity index is 1.84. The van der Waals surface area contributed by atoms with Gasteiger partial charge in [0.1, 0.15) is 5.75 Å². The first-order valence-corrected chi connectivity index (χ1v) is 10.8. The Hall–Kier alpha value is -2.05. The highest BCUT2D eigenvalue weighted by Gasteiger charge is 2.31. The van der Waals surface area contributed by atoms with E-state index in [0.29, 0.717) is 5.56 Å². The molecule has 0 heterocycles. The number of nitrogens with zero attached hydrogens (tertiary/aromatic N) is 1. The lowest BCUT2D eigenvalue weighted by Crippen LogP contribution is -2.33. The Kier molecular flexibility index (Phi) is 10.2. The van der Waals surface area contributed by atoms with Crippen LogP contribution in [0.25, 0.3) is 11.1 Å². The highest BCUT2D eigenvalue weighted by molar-refractivity contribution is 5.65. The predicted molar refractivity (Wildman–Crippen MR) is 117 cm³/mol. The highest BCUT2D eigenvalue weighted by atomic mass is 19.4. The Morgan fingerprint density at radius 2 is 1.53 bits per heavy atom. The van der Waals surface area contributed by atoms with Gasteiger partial charge in [-0.05, 0) is 54.8 Å². The topological polar surface area (TPSA) is 24.5 Å². The summed E-state index contributed by atoms with van der Waals surface area (Å²) in [4.78, 5) is 2.53. The molecule has 0 spiro atoms. The minimum Gasteiger partial charge on any atom is -0.406 e. The van der Waals surface area contributed by atoms with Crippen LogP contribution in [0.5, 0.6) is 5.75 Å². The molecule has 0 radical (unpaired) electrons. The van der Waals surface area contributed by atoms with E-state index < -0.39 is 6.36 Å². The number of alkyl halides is 3. The molecule has 0 bridgehead atoms. The van der Waals surface area contributed by atoms with Crippen LogP contribution in [-0.2, 0) is 6.54 Å². The molecule has 0 saturated heterocycles. The number of hydrogen-bond donors (Lipinski definition) is 1. The molecule has 2 rings (SSSR count). The van der Waals surface area contributed by atoms with Crippen LogP contribution in [0.15, 0.2) is 48.5 Å². The number of unbranched alkanes of at least 4 members (excludes halogenated alkanes) is 2. The third-order valence-electron chi connectivity index (χ3n) is 4.94. The van der Waals surface area contributed by atoms with Gasteiger partial charge >= 0.3 is 6.36 Å². The molecule has 166 valence electrons. The summed E-state index contributed by atoms with van der Waals surface area (Å²) >= 11 is 0. The van der Waals surface area contributed by atoms with Crippen molar-refractivity contribution < 1.29 is 17.9 Å². The molecule has 0 aliphatic rings. The van der Waals surface area contributed by atoms with E-state index in [1.165, 1.54) is 37.8 Å². The molecule has 30 heavy (non-hydrogen) atoms. The fourth-order valence-electron chi connectivity index (χ4n) is 3.26. The van der Waals surface area contributed by atoms with E-state index in [4.69, 9.17) is 0 Å². The zero-order chi connectivity index (χ0) is 21.8. The first-order valence-electron chi connectivity index (χ1n) is 10.8. The van der Waals surface area contributed by atoms with Crippen LogP contribution in [0, 0.1) is 0 Å². The lowest BCUT2D eigenvalue weighted by atomic mass is 10.0. The van der Waals surface area contributed by atoms with E-state index in [0.717, 1.165) is 43.9 Å². The first-order chi connectivity index (χ1) is 14.4. The monoisotopic (exact) mass is 422 g/mol. The van der Waals surface area contributed by atoms with Crippen molar-refractivity contribution in [3.63, 3.8) is 0 Å². The Morgan fingerprint density at radius 1 is 0.867 bits per heavy atom. The van der Waals surface area contributed by atoms with E-state index in [1.807, 2.05) is 24.3 Å². The quantitative estimate of drug-likeness (QED) is 0.387. The van der Waals surface area contributed by atoms with Gasteiger partial charge in [-0.15, -0.1) is 13.2 Å². The summed E-state index contributed by atoms with van der Waals surface area (Å²) < 4.78 is 41.3. The number of benzene rings is 2. The second-order valence-electron chi connectivity index (χ2n) is 7.50. The van der Waals surface area contributed by atoms with Crippen LogP contribution in [0.3, 0.4) is 0 Å². The standard InChI is InChI=1S/C24H33F3N2O/c1-3-5-15-29(16-6-4-2)17-14-28-19-20-10-12-21(13-11-20)22-8-7-9-23(18-22)30-24(25,26)27/h7-13,18,28H,3-6,14-17,19H2,1-2H3. The minimum atomic E-state index is -4.68. The van der Waals surface area contributed by atoms with Gasteiger partial charge in [0.05, 0.1) is 0 Å². The predicted octanol–water partition coefficient (Wildman–Crippen LogP) is 6.24. The molecule has 2 aromatic rings. The fourth-order valence-corrected chi connectivity index (χ4v) is 3.26. The maximum atomic E-state index is 12.4. The van der Waals surface area contributed by atoms with E-state index >= 15 is 0 Å². The van der Waals surface area contributed by atoms with E-state index in [1.54, 1.807) is 12.1 Å². The van der Waals surface area contributed by atoms with E-state index in [9.17, 15) is 13.2 Å². The molecular weight excluding hydrogens is 389 g/mol. The number of nitrogens with one attached hydrogen (secondary N) is 1. The lowest BCUT2D eigenvalue weighted by molar-refractivity contribution is -0.274. The third-order valence-corrected chi connectivity index (χ3v) is 4.94. The zero-order valence-corrected chi connectivity index (χ0v) is 18.0. The molecule has 0 aromatic heterocycles. The van der Waals surface area contributed by atoms with E-state index in [-0.39, 0.29) is 5.75 Å². The van der Waals surface area contributed by atoms with Crippen molar-refractivity contribution in [1.29, 1.82) is 0 Å². The Morgan fingerprint density at radius 3 is 2.13 bits per heavy atom. The number of hydrogen-bond acceptors (Lipinski definition) is 3. The molecule has 0 amide bonds. The van der Waals surface area contributed by atoms with Crippen LogP contribution in [-0.4, -0.2) is 37.4 Å². The van der Waals surface area contributed by atoms with Gasteiger partial charge in [0.25, 0.3) is 0 Å². The zero-order valence-electron chi connectivity index (χ0n) is 18.0. The van der Waals surface area contributed by atoms with Crippen LogP contribution in [0.2, 0.25) is 0 Å². The number of rotatable bonds is 13. The average Bonchev–Trinajstić information content (AvgIpc) is 2.72. The smallest absolute Gasteiger partial charge is 0.406 e. The molecule has 0 atom stereocenters. The highest BCUT2D eigenvalue weighted by Crippen LogP contribution is 2.28. The number of ether oxygens (including phenoxy) is 1. The Labute approximate surface area is 178 Å². The summed E-state index contributed by atoms with van der Waals surface area (Å²) in [6.07, 6.45) is 0.221. The van der Waals surface area contributed by atoms with Crippen molar-refractivity contribution in [2.75, 3.05) is 26.2 Å². The van der Waals surface area contributed by atoms with Crippen molar-refractivity contribution >= 4 is 0 Å². The van der Waals surface area contributed by atoms with Crippen molar-refractivity contribution in [1.82, 2.24) is 10.2 Å². The van der Waals surface area contributed by atoms with Crippen molar-refractivity contribution in [2.24, 2.45) is 0 Å². The molecule has 0 saturated carbocycles. The van der Waals surface area contributed by atoms with Crippen LogP contribution >= 0.6 is 0 Å². The van der Waals surface area contributed by atoms with Crippen molar-refractivity contribution in [2.45, 2.75) is 52.4 Å². The maximum Gasteiger partial charge on any atom is 0.573 e. The van der Waals surface area contributed by atoms with Gasteiger partial charge in [-0.1, -0.05) is 63.1 Å². The first kappa shape index (κ1) is 24.2. The van der Waals surface area contributed by atoms with Crippen LogP contribution in [0.4, 0.5) is 13.2 Å². The minimum absolute atomic E-state index is 0.207. The third kappa shape index (κ3) is 9.18. The summed E-state index contributed by atoms with van der Waals surface area (Å²) in [5.41, 5.74) is 2.70. The van der Waals surface area contributed by atoms with Gasteiger partial charge in [0.2, 0.25) is 0 Å². The summed E-state index contributed by atoms with van der Waals surface area (Å²) in [5.74, 6) is -0.207. The van der Waals surface area contributed by atoms with Gasteiger partial charge in [-0.3, -0.25) is 0 Å².